The molecule has 9 amide bonds. The number of carbonyl (C=O) groups excluding carboxylic acids is 10. The minimum atomic E-state index is -1.28. The van der Waals surface area contributed by atoms with Gasteiger partial charge in [0.05, 0.1) is 66.2 Å². The first kappa shape index (κ1) is 132. The van der Waals surface area contributed by atoms with Crippen LogP contribution in [0.25, 0.3) is 0 Å². The minimum Gasteiger partial charge on any atom is -0.480 e. The molecule has 0 aliphatic heterocycles. The molecule has 0 aliphatic rings. The highest BCUT2D eigenvalue weighted by Crippen LogP contribution is 2.24. The molecule has 4 aromatic rings. The predicted molar refractivity (Wildman–Crippen MR) is 506 cm³/mol. The number of likely N-dealkylation sites (N-methyl/N-ethyl adjacent to an activating group) is 4. The molecule has 0 spiro atoms. The summed E-state index contributed by atoms with van der Waals surface area (Å²) in [5, 5.41) is 111. The van der Waals surface area contributed by atoms with Gasteiger partial charge >= 0.3 is 5.97 Å². The van der Waals surface area contributed by atoms with Crippen molar-refractivity contribution in [1.29, 1.82) is 11.1 Å². The van der Waals surface area contributed by atoms with Gasteiger partial charge in [-0.25, -0.2) is 0 Å². The maximum Gasteiger partial charge on any atom is 0.322 e. The van der Waals surface area contributed by atoms with Crippen LogP contribution in [0.15, 0.2) is 151 Å². The zero-order valence-corrected chi connectivity index (χ0v) is 81.9. The third-order valence-corrected chi connectivity index (χ3v) is 19.6. The second kappa shape index (κ2) is 78.2. The summed E-state index contributed by atoms with van der Waals surface area (Å²) in [6, 6.07) is 31.6. The molecule has 4 rings (SSSR count). The van der Waals surface area contributed by atoms with Gasteiger partial charge in [-0.3, -0.25) is 52.7 Å². The number of aliphatic hydroxyl groups is 8. The number of rotatable bonds is 48. The highest BCUT2D eigenvalue weighted by Gasteiger charge is 2.33. The Balaban J connectivity index is -0.000000364. The van der Waals surface area contributed by atoms with Crippen LogP contribution in [0.1, 0.15) is 217 Å². The lowest BCUT2D eigenvalue weighted by Crippen LogP contribution is -2.44. The Morgan fingerprint density at radius 2 is 0.634 bits per heavy atom. The average molecular weight is 1960 g/mol. The topological polar surface area (TPSA) is 617 Å². The van der Waals surface area contributed by atoms with Crippen LogP contribution in [-0.4, -0.2) is 254 Å². The maximum atomic E-state index is 12.4. The number of halogens is 5. The van der Waals surface area contributed by atoms with Crippen molar-refractivity contribution in [3.63, 3.8) is 0 Å². The number of nitrogens with two attached hydrogens (primary N) is 2. The van der Waals surface area contributed by atoms with E-state index in [0.29, 0.717) is 35.1 Å². The molecule has 20 N–H and O–H groups in total. The third kappa shape index (κ3) is 58.4. The van der Waals surface area contributed by atoms with Crippen LogP contribution in [0.3, 0.4) is 0 Å². The Bertz CT molecular complexity index is 3620. The summed E-state index contributed by atoms with van der Waals surface area (Å²) in [5.41, 5.74) is 26.0. The molecule has 17 atom stereocenters. The molecular weight excluding hydrogens is 1810 g/mol. The lowest BCUT2D eigenvalue weighted by atomic mass is 9.93. The van der Waals surface area contributed by atoms with E-state index in [0.717, 1.165) is 51.4 Å². The largest absolute Gasteiger partial charge is 0.480 e. The van der Waals surface area contributed by atoms with Gasteiger partial charge < -0.3 is 104 Å². The molecule has 0 bridgehead atoms. The summed E-state index contributed by atoms with van der Waals surface area (Å²) in [4.78, 5) is 138. The average Bonchev–Trinajstić information content (AvgIpc) is 0.862. The highest BCUT2D eigenvalue weighted by molar-refractivity contribution is 6.14. The van der Waals surface area contributed by atoms with Crippen molar-refractivity contribution in [2.45, 2.75) is 256 Å². The molecule has 4 aromatic carbocycles. The van der Waals surface area contributed by atoms with E-state index in [-0.39, 0.29) is 148 Å². The molecule has 131 heavy (non-hydrogen) atoms. The number of carboxylic acids is 1. The van der Waals surface area contributed by atoms with E-state index in [1.54, 1.807) is 136 Å². The highest BCUT2D eigenvalue weighted by atomic mass is 35.5. The molecule has 39 nitrogen and oxygen atoms in total. The lowest BCUT2D eigenvalue weighted by molar-refractivity contribution is -0.140. The predicted octanol–water partition coefficient (Wildman–Crippen LogP) is 9.40. The molecular formula is C87H146Cl5N19O20. The summed E-state index contributed by atoms with van der Waals surface area (Å²) >= 11 is 9.09. The molecule has 0 heterocycles. The van der Waals surface area contributed by atoms with Gasteiger partial charge in [-0.1, -0.05) is 218 Å². The number of Topliss-reactive ketones (excluding diaryl/α,β-unsaturated/α-hetero) is 1. The van der Waals surface area contributed by atoms with Crippen molar-refractivity contribution in [3.8, 4) is 0 Å². The number of aliphatic hydroxyl groups excluding tert-OH is 8. The molecule has 0 saturated carbocycles. The molecule has 744 valence electrons. The Morgan fingerprint density at radius 1 is 0.382 bits per heavy atom. The van der Waals surface area contributed by atoms with Gasteiger partial charge in [0, 0.05) is 88.1 Å². The Kier molecular flexibility index (Phi) is 79.1. The van der Waals surface area contributed by atoms with Crippen LogP contribution in [0, 0.1) is 28.8 Å². The van der Waals surface area contributed by atoms with E-state index < -0.39 is 115 Å². The molecule has 0 saturated heterocycles. The number of hydrogen-bond acceptors (Lipinski definition) is 25. The van der Waals surface area contributed by atoms with Gasteiger partial charge in [0.1, 0.15) is 42.9 Å². The van der Waals surface area contributed by atoms with Gasteiger partial charge in [-0.2, -0.15) is 11.1 Å². The summed E-state index contributed by atoms with van der Waals surface area (Å²) in [7, 11) is 13.0. The van der Waals surface area contributed by atoms with E-state index in [2.05, 4.69) is 80.3 Å². The fraction of sp³-hybridized carbons (Fsp3) is 0.598. The standard InChI is InChI=1S/2C20H32N2O4.C19H31N3O4.C19H29N3O4.C9H17NO4.2ClHN4.3ClH/c2*1-5-9-14(2)19(25)16(23)12-13-17(24)21-18(20(26)22(3)4)15-10-7-6-8-11-15;2*1-4-8-14(20)18(25)15(23)11-12-16(24)21-17(19(26)22(2)3)13-9-6-5-7-10-13;1-3-4-6(2)8(13)9(14)10-5-7(11)12;2*1-3-5-4-2;;;/h2*6-8,10-11,14,16,18-19,23,25H,5,9,12-13H2,1-4H3,(H,21,24);5-7,9-10,14-15,17-18,23,25H,4,8,11-12,20H2,1-3H3,(H,21,24);5-7,9-10,14-15,17,23H,4,8,11-12,20H2,1-3H3,(H,21,24);6,8,13H,3-5H2,1-2H3,(H,10,14)(H,11,12);2*2H;3*1H/t2*14?,16-,18+,19?;14?,15-,17+,18?;14?,15-,17+;;;;;;/m1111....../s1. The summed E-state index contributed by atoms with van der Waals surface area (Å²) in [5.74, 6) is -4.76. The second-order valence-corrected chi connectivity index (χ2v) is 31.4. The van der Waals surface area contributed by atoms with Crippen LogP contribution in [0.2, 0.25) is 0 Å². The monoisotopic (exact) mass is 1950 g/mol. The first-order chi connectivity index (χ1) is 60.4. The second-order valence-electron chi connectivity index (χ2n) is 31.1. The maximum absolute atomic E-state index is 12.4. The van der Waals surface area contributed by atoms with Crippen molar-refractivity contribution < 1.29 is 98.7 Å². The van der Waals surface area contributed by atoms with Crippen molar-refractivity contribution in [2.75, 3.05) is 62.9 Å². The van der Waals surface area contributed by atoms with Crippen molar-refractivity contribution >= 4 is 126 Å². The molecule has 0 radical (unpaired) electrons. The molecule has 0 aliphatic carbocycles. The third-order valence-electron chi connectivity index (χ3n) is 19.5. The van der Waals surface area contributed by atoms with Crippen molar-refractivity contribution in [2.24, 2.45) is 59.4 Å². The number of hydrogen-bond donors (Lipinski definition) is 18. The molecule has 0 fully saturated rings. The van der Waals surface area contributed by atoms with Crippen molar-refractivity contribution in [3.05, 3.63) is 144 Å². The number of ketones is 1. The summed E-state index contributed by atoms with van der Waals surface area (Å²) < 4.78 is 5.19. The van der Waals surface area contributed by atoms with Crippen LogP contribution in [0.5, 0.6) is 0 Å². The Morgan fingerprint density at radius 3 is 0.863 bits per heavy atom. The molecule has 9 unspecified atom stereocenters. The van der Waals surface area contributed by atoms with E-state index in [1.807, 2.05) is 97.0 Å². The fourth-order valence-electron chi connectivity index (χ4n) is 12.1. The Labute approximate surface area is 799 Å². The lowest BCUT2D eigenvalue weighted by Gasteiger charge is -2.24. The summed E-state index contributed by atoms with van der Waals surface area (Å²) in [6.07, 6.45) is -0.0746. The van der Waals surface area contributed by atoms with Crippen molar-refractivity contribution in [1.82, 2.24) is 46.2 Å². The van der Waals surface area contributed by atoms with E-state index in [4.69, 9.17) is 27.6 Å². The molecule has 44 heteroatoms. The molecule has 0 aromatic heterocycles. The number of carboxylic acid groups (broad SMARTS) is 1. The van der Waals surface area contributed by atoms with E-state index in [9.17, 15) is 93.6 Å². The SMILES string of the molecule is CCCC(C)C(O)C(=O)NCC(=O)O.CCCC(C)C(O)[C@H](O)CCC(=O)N[C@H](C(=O)N(C)C)c1ccccc1.CCCC(C)C(O)[C@H](O)CCC(=O)N[C@H](C(=O)N(C)C)c1ccccc1.CCCC(N)C(=O)[C@H](O)CCC(=O)N[C@H](C(=O)N(C)C)c1ccccc1.CCCC(N)C(O)[C@H](O)CCC(=O)N[C@H](C(=O)N(C)C)c1ccccc1.Cl.Cl.Cl.N=NN=NCl.N=NN=NCl. The van der Waals surface area contributed by atoms with Crippen LogP contribution in [-0.2, 0) is 52.7 Å². The zero-order valence-electron chi connectivity index (χ0n) is 77.9. The normalized spacial score (nSPS) is 14.4. The van der Waals surface area contributed by atoms with Crippen LogP contribution in [0.4, 0.5) is 0 Å². The quantitative estimate of drug-likeness (QED) is 0.0144. The van der Waals surface area contributed by atoms with Crippen LogP contribution < -0.4 is 38.1 Å². The number of amides is 9. The van der Waals surface area contributed by atoms with E-state index in [1.165, 1.54) is 19.6 Å². The summed E-state index contributed by atoms with van der Waals surface area (Å²) in [6.45, 7) is 14.9. The smallest absolute Gasteiger partial charge is 0.322 e. The zero-order chi connectivity index (χ0) is 98.1. The number of nitrogens with one attached hydrogen (secondary N) is 7. The van der Waals surface area contributed by atoms with Gasteiger partial charge in [-0.15, -0.1) is 37.2 Å². The fourth-order valence-corrected chi connectivity index (χ4v) is 12.2. The number of benzene rings is 4. The number of carbonyl (C=O) groups is 11. The number of aliphatic carboxylic acids is 1. The Hall–Kier alpha value is -9.30. The van der Waals surface area contributed by atoms with Gasteiger partial charge in [-0.05, 0) is 119 Å². The van der Waals surface area contributed by atoms with E-state index >= 15 is 0 Å². The first-order valence-electron chi connectivity index (χ1n) is 42.4. The first-order valence-corrected chi connectivity index (χ1v) is 43.1. The number of nitrogens with zero attached hydrogens (tertiary/aromatic N) is 10. The van der Waals surface area contributed by atoms with Gasteiger partial charge in [0.2, 0.25) is 53.2 Å². The van der Waals surface area contributed by atoms with Gasteiger partial charge in [0.25, 0.3) is 0 Å². The van der Waals surface area contributed by atoms with Gasteiger partial charge in [0.15, 0.2) is 5.78 Å². The minimum absolute atomic E-state index is 0. The van der Waals surface area contributed by atoms with Crippen LogP contribution >= 0.6 is 60.8 Å².